The Labute approximate surface area is 243 Å². The molecular weight excluding hydrogens is 521 g/mol. The number of carbonyl (C=O) groups excluding carboxylic acids is 2. The van der Waals surface area contributed by atoms with Crippen LogP contribution in [0.15, 0.2) is 65.8 Å². The van der Waals surface area contributed by atoms with E-state index < -0.39 is 11.5 Å². The van der Waals surface area contributed by atoms with Gasteiger partial charge in [0.2, 0.25) is 0 Å². The van der Waals surface area contributed by atoms with Crippen LogP contribution in [0.5, 0.6) is 0 Å². The Morgan fingerprint density at radius 2 is 1.73 bits per heavy atom. The predicted molar refractivity (Wildman–Crippen MR) is 158 cm³/mol. The molecule has 0 radical (unpaired) electrons. The molecule has 2 aliphatic rings. The zero-order valence-electron chi connectivity index (χ0n) is 24.5. The topological polar surface area (TPSA) is 71.4 Å². The Bertz CT molecular complexity index is 1210. The largest absolute Gasteiger partial charge is 0.469 e. The molecule has 1 aliphatic heterocycles. The Kier molecular flexibility index (Phi) is 10.3. The first-order valence-corrected chi connectivity index (χ1v) is 14.4. The highest BCUT2D eigenvalue weighted by molar-refractivity contribution is 5.87. The zero-order valence-corrected chi connectivity index (χ0v) is 24.5. The van der Waals surface area contributed by atoms with Crippen LogP contribution < -0.4 is 0 Å². The van der Waals surface area contributed by atoms with Gasteiger partial charge < -0.3 is 19.3 Å². The minimum atomic E-state index is -1.19. The summed E-state index contributed by atoms with van der Waals surface area (Å²) < 4.78 is 23.8. The second-order valence-corrected chi connectivity index (χ2v) is 11.4. The van der Waals surface area contributed by atoms with Gasteiger partial charge in [-0.1, -0.05) is 55.3 Å². The Hall–Kier alpha value is -3.52. The van der Waals surface area contributed by atoms with Crippen LogP contribution >= 0.6 is 0 Å². The fourth-order valence-electron chi connectivity index (χ4n) is 6.58. The van der Waals surface area contributed by atoms with E-state index in [1.54, 1.807) is 6.34 Å². The van der Waals surface area contributed by atoms with E-state index in [9.17, 15) is 14.0 Å². The lowest BCUT2D eigenvalue weighted by Crippen LogP contribution is -2.51. The lowest BCUT2D eigenvalue weighted by atomic mass is 9.72. The molecule has 7 nitrogen and oxygen atoms in total. The van der Waals surface area contributed by atoms with Gasteiger partial charge in [-0.25, -0.2) is 9.18 Å². The summed E-state index contributed by atoms with van der Waals surface area (Å²) in [5.74, 6) is -0.206. The Morgan fingerprint density at radius 3 is 2.34 bits per heavy atom. The highest BCUT2D eigenvalue weighted by Gasteiger charge is 2.52. The summed E-state index contributed by atoms with van der Waals surface area (Å²) in [5.41, 5.74) is 0.982. The summed E-state index contributed by atoms with van der Waals surface area (Å²) in [5, 5.41) is 0. The normalized spacial score (nSPS) is 25.0. The van der Waals surface area contributed by atoms with Crippen molar-refractivity contribution >= 4 is 24.4 Å². The molecule has 2 aromatic carbocycles. The van der Waals surface area contributed by atoms with E-state index in [1.807, 2.05) is 59.6 Å². The van der Waals surface area contributed by atoms with Crippen molar-refractivity contribution in [2.24, 2.45) is 16.8 Å². The molecule has 8 heteroatoms. The minimum Gasteiger partial charge on any atom is -0.469 e. The van der Waals surface area contributed by atoms with Gasteiger partial charge in [-0.3, -0.25) is 9.79 Å². The number of carbonyl (C=O) groups is 2. The van der Waals surface area contributed by atoms with Crippen LogP contribution in [0.3, 0.4) is 0 Å². The molecule has 0 N–H and O–H groups in total. The monoisotopic (exact) mass is 563 g/mol. The molecule has 41 heavy (non-hydrogen) atoms. The number of hydrogen-bond donors (Lipinski definition) is 0. The summed E-state index contributed by atoms with van der Waals surface area (Å²) in [6, 6.07) is 16.8. The number of rotatable bonds is 11. The first kappa shape index (κ1) is 30.4. The van der Waals surface area contributed by atoms with Crippen LogP contribution in [-0.2, 0) is 19.1 Å². The zero-order chi connectivity index (χ0) is 29.4. The smallest absolute Gasteiger partial charge is 0.336 e. The third-order valence-corrected chi connectivity index (χ3v) is 8.71. The molecular formula is C33H42FN3O4. The Morgan fingerprint density at radius 1 is 1.05 bits per heavy atom. The quantitative estimate of drug-likeness (QED) is 0.318. The minimum absolute atomic E-state index is 0.0740. The lowest BCUT2D eigenvalue weighted by molar-refractivity contribution is -0.150. The van der Waals surface area contributed by atoms with Crippen molar-refractivity contribution < 1.29 is 23.5 Å². The molecule has 2 aromatic rings. The van der Waals surface area contributed by atoms with Gasteiger partial charge in [-0.2, -0.15) is 0 Å². The number of hydrogen-bond acceptors (Lipinski definition) is 7. The van der Waals surface area contributed by atoms with Crippen molar-refractivity contribution in [1.82, 2.24) is 9.80 Å². The first-order chi connectivity index (χ1) is 19.8. The summed E-state index contributed by atoms with van der Waals surface area (Å²) in [6.45, 7) is 0. The van der Waals surface area contributed by atoms with Crippen LogP contribution in [0.1, 0.15) is 62.1 Å². The summed E-state index contributed by atoms with van der Waals surface area (Å²) >= 11 is 0. The fraction of sp³-hybridized carbons (Fsp3) is 0.485. The third kappa shape index (κ3) is 7.22. The number of esters is 2. The van der Waals surface area contributed by atoms with Gasteiger partial charge in [-0.05, 0) is 81.0 Å². The van der Waals surface area contributed by atoms with Crippen LogP contribution in [-0.4, -0.2) is 68.0 Å². The predicted octanol–water partition coefficient (Wildman–Crippen LogP) is 5.87. The van der Waals surface area contributed by atoms with Crippen molar-refractivity contribution in [3.63, 3.8) is 0 Å². The van der Waals surface area contributed by atoms with E-state index in [1.165, 1.54) is 26.4 Å². The molecule has 1 saturated carbocycles. The second-order valence-electron chi connectivity index (χ2n) is 11.4. The average molecular weight is 564 g/mol. The highest BCUT2D eigenvalue weighted by atomic mass is 19.1. The first-order valence-electron chi connectivity index (χ1n) is 14.4. The molecule has 1 aliphatic carbocycles. The maximum Gasteiger partial charge on any atom is 0.336 e. The van der Waals surface area contributed by atoms with Crippen LogP contribution in [0.25, 0.3) is 6.08 Å². The fourth-order valence-corrected chi connectivity index (χ4v) is 6.58. The second kappa shape index (κ2) is 13.9. The van der Waals surface area contributed by atoms with Crippen LogP contribution in [0, 0.1) is 17.7 Å². The third-order valence-electron chi connectivity index (χ3n) is 8.71. The summed E-state index contributed by atoms with van der Waals surface area (Å²) in [7, 11) is 6.89. The molecule has 4 rings (SSSR count). The number of halogens is 1. The number of methoxy groups -OCH3 is 2. The van der Waals surface area contributed by atoms with E-state index in [2.05, 4.69) is 19.0 Å². The van der Waals surface area contributed by atoms with Crippen LogP contribution in [0.2, 0.25) is 0 Å². The van der Waals surface area contributed by atoms with Gasteiger partial charge in [-0.15, -0.1) is 0 Å². The van der Waals surface area contributed by atoms with Gasteiger partial charge in [0, 0.05) is 18.7 Å². The molecule has 1 fully saturated rings. The molecule has 0 saturated heterocycles. The molecule has 1 heterocycles. The molecule has 220 valence electrons. The molecule has 0 bridgehead atoms. The molecule has 0 spiro atoms. The standard InChI is InChI=1S/C33H42FN3O4/c1-36(2)31(27-14-16-28(34)17-15-27)26-12-10-25(11-13-26)22-29-33(32(39)41-4,20-18-30(38)40-3)35-23-37(29)21-19-24-8-6-5-7-9-24/h5-9,14-17,19,21,23,25-26,29,31H,10-13,18,20,22H2,1-4H3. The number of benzene rings is 2. The van der Waals surface area contributed by atoms with E-state index in [-0.39, 0.29) is 36.7 Å². The number of ether oxygens (including phenoxy) is 2. The summed E-state index contributed by atoms with van der Waals surface area (Å²) in [6.07, 6.45) is 10.8. The molecule has 3 unspecified atom stereocenters. The van der Waals surface area contributed by atoms with E-state index in [0.717, 1.165) is 43.2 Å². The van der Waals surface area contributed by atoms with Crippen molar-refractivity contribution in [3.8, 4) is 0 Å². The van der Waals surface area contributed by atoms with Gasteiger partial charge in [0.1, 0.15) is 5.82 Å². The maximum atomic E-state index is 13.6. The van der Waals surface area contributed by atoms with Gasteiger partial charge in [0.15, 0.2) is 5.54 Å². The van der Waals surface area contributed by atoms with Crippen LogP contribution in [0.4, 0.5) is 4.39 Å². The van der Waals surface area contributed by atoms with Crippen molar-refractivity contribution in [2.75, 3.05) is 28.3 Å². The van der Waals surface area contributed by atoms with E-state index in [0.29, 0.717) is 11.8 Å². The highest BCUT2D eigenvalue weighted by Crippen LogP contribution is 2.44. The van der Waals surface area contributed by atoms with Crippen molar-refractivity contribution in [1.29, 1.82) is 0 Å². The number of nitrogens with zero attached hydrogens (tertiary/aromatic N) is 3. The van der Waals surface area contributed by atoms with E-state index in [4.69, 9.17) is 14.5 Å². The average Bonchev–Trinajstić information content (AvgIpc) is 3.34. The SMILES string of the molecule is COC(=O)CCC1(C(=O)OC)N=CN(C=Cc2ccccc2)C1CC1CCC(C(c2ccc(F)cc2)N(C)C)CC1. The molecule has 3 atom stereocenters. The van der Waals surface area contributed by atoms with Gasteiger partial charge in [0.25, 0.3) is 0 Å². The lowest BCUT2D eigenvalue weighted by Gasteiger charge is -2.40. The Balaban J connectivity index is 1.53. The van der Waals surface area contributed by atoms with E-state index >= 15 is 0 Å². The maximum absolute atomic E-state index is 13.6. The van der Waals surface area contributed by atoms with Gasteiger partial charge >= 0.3 is 11.9 Å². The van der Waals surface area contributed by atoms with Crippen molar-refractivity contribution in [2.45, 2.75) is 62.6 Å². The number of aliphatic imine (C=N–C) groups is 1. The molecule has 0 amide bonds. The van der Waals surface area contributed by atoms with Gasteiger partial charge in [0.05, 0.1) is 26.6 Å². The molecule has 0 aromatic heterocycles. The summed E-state index contributed by atoms with van der Waals surface area (Å²) in [4.78, 5) is 34.4. The van der Waals surface area contributed by atoms with Crippen molar-refractivity contribution in [3.05, 3.63) is 77.7 Å².